The number of hydrogen-bond donors (Lipinski definition) is 1. The number of amides is 1. The second-order valence-electron chi connectivity index (χ2n) is 5.75. The minimum absolute atomic E-state index is 0.135. The third-order valence-corrected chi connectivity index (χ3v) is 4.34. The summed E-state index contributed by atoms with van der Waals surface area (Å²) in [6, 6.07) is 12.7. The molecule has 26 heavy (non-hydrogen) atoms. The molecule has 1 saturated heterocycles. The summed E-state index contributed by atoms with van der Waals surface area (Å²) in [6.07, 6.45) is 0. The van der Waals surface area contributed by atoms with E-state index in [0.717, 1.165) is 18.8 Å². The van der Waals surface area contributed by atoms with Crippen LogP contribution in [-0.2, 0) is 9.53 Å². The van der Waals surface area contributed by atoms with Crippen LogP contribution in [0.2, 0.25) is 5.02 Å². The van der Waals surface area contributed by atoms with Gasteiger partial charge in [0.05, 0.1) is 36.7 Å². The molecular formula is C19H21ClN2O4. The van der Waals surface area contributed by atoms with Gasteiger partial charge in [0.2, 0.25) is 0 Å². The van der Waals surface area contributed by atoms with Gasteiger partial charge in [0.1, 0.15) is 11.5 Å². The highest BCUT2D eigenvalue weighted by atomic mass is 35.5. The van der Waals surface area contributed by atoms with Crippen molar-refractivity contribution in [1.29, 1.82) is 0 Å². The lowest BCUT2D eigenvalue weighted by atomic mass is 10.2. The molecule has 1 aliphatic heterocycles. The number of halogens is 1. The number of hydrogen-bond acceptors (Lipinski definition) is 5. The highest BCUT2D eigenvalue weighted by Crippen LogP contribution is 2.31. The van der Waals surface area contributed by atoms with Crippen molar-refractivity contribution in [2.75, 3.05) is 50.2 Å². The molecule has 6 nitrogen and oxygen atoms in total. The van der Waals surface area contributed by atoms with Gasteiger partial charge in [-0.15, -0.1) is 0 Å². The average Bonchev–Trinajstić information content (AvgIpc) is 2.68. The zero-order chi connectivity index (χ0) is 18.4. The number of morpholine rings is 1. The molecule has 0 aliphatic carbocycles. The molecule has 1 fully saturated rings. The summed E-state index contributed by atoms with van der Waals surface area (Å²) in [7, 11) is 1.59. The Kier molecular flexibility index (Phi) is 6.20. The van der Waals surface area contributed by atoms with E-state index in [1.54, 1.807) is 37.4 Å². The van der Waals surface area contributed by atoms with E-state index in [-0.39, 0.29) is 12.5 Å². The first-order valence-electron chi connectivity index (χ1n) is 8.35. The maximum atomic E-state index is 12.4. The first kappa shape index (κ1) is 18.4. The first-order valence-corrected chi connectivity index (χ1v) is 8.73. The summed E-state index contributed by atoms with van der Waals surface area (Å²) in [4.78, 5) is 14.5. The Morgan fingerprint density at radius 1 is 1.23 bits per heavy atom. The molecule has 0 radical (unpaired) electrons. The predicted molar refractivity (Wildman–Crippen MR) is 102 cm³/mol. The van der Waals surface area contributed by atoms with Crippen LogP contribution in [0.4, 0.5) is 11.4 Å². The van der Waals surface area contributed by atoms with Gasteiger partial charge in [-0.2, -0.15) is 0 Å². The van der Waals surface area contributed by atoms with Crippen molar-refractivity contribution < 1.29 is 19.0 Å². The Morgan fingerprint density at radius 2 is 2.00 bits per heavy atom. The fourth-order valence-corrected chi connectivity index (χ4v) is 2.90. The molecule has 0 aromatic heterocycles. The molecule has 1 amide bonds. The third-order valence-electron chi connectivity index (χ3n) is 4.02. The quantitative estimate of drug-likeness (QED) is 0.838. The molecule has 0 atom stereocenters. The molecule has 1 aliphatic rings. The number of nitrogens with one attached hydrogen (secondary N) is 1. The summed E-state index contributed by atoms with van der Waals surface area (Å²) in [5, 5.41) is 3.37. The molecular weight excluding hydrogens is 356 g/mol. The van der Waals surface area contributed by atoms with Crippen LogP contribution in [-0.4, -0.2) is 45.9 Å². The van der Waals surface area contributed by atoms with Gasteiger partial charge in [0.15, 0.2) is 6.61 Å². The van der Waals surface area contributed by atoms with Gasteiger partial charge in [-0.3, -0.25) is 4.79 Å². The standard InChI is InChI=1S/C19H21ClN2O4/c1-24-14-6-7-17(22-8-10-25-11-9-22)16(12-14)21-19(23)13-26-18-5-3-2-4-15(18)20/h2-7,12H,8-11,13H2,1H3,(H,21,23). The van der Waals surface area contributed by atoms with Crippen LogP contribution >= 0.6 is 11.6 Å². The summed E-state index contributed by atoms with van der Waals surface area (Å²) < 4.78 is 16.2. The number of carbonyl (C=O) groups is 1. The molecule has 0 spiro atoms. The minimum atomic E-state index is -0.271. The number of nitrogens with zero attached hydrogens (tertiary/aromatic N) is 1. The number of carbonyl (C=O) groups excluding carboxylic acids is 1. The van der Waals surface area contributed by atoms with Gasteiger partial charge < -0.3 is 24.4 Å². The van der Waals surface area contributed by atoms with Crippen molar-refractivity contribution in [3.63, 3.8) is 0 Å². The zero-order valence-corrected chi connectivity index (χ0v) is 15.3. The van der Waals surface area contributed by atoms with Gasteiger partial charge in [0, 0.05) is 19.2 Å². The molecule has 0 saturated carbocycles. The smallest absolute Gasteiger partial charge is 0.262 e. The highest BCUT2D eigenvalue weighted by molar-refractivity contribution is 6.32. The molecule has 2 aromatic rings. The van der Waals surface area contributed by atoms with Crippen molar-refractivity contribution in [2.24, 2.45) is 0 Å². The Morgan fingerprint density at radius 3 is 2.73 bits per heavy atom. The second kappa shape index (κ2) is 8.78. The number of anilines is 2. The van der Waals surface area contributed by atoms with Crippen LogP contribution in [0, 0.1) is 0 Å². The molecule has 7 heteroatoms. The van der Waals surface area contributed by atoms with Crippen molar-refractivity contribution in [2.45, 2.75) is 0 Å². The molecule has 1 heterocycles. The fourth-order valence-electron chi connectivity index (χ4n) is 2.71. The molecule has 1 N–H and O–H groups in total. The molecule has 138 valence electrons. The maximum absolute atomic E-state index is 12.4. The Balaban J connectivity index is 1.70. The molecule has 3 rings (SSSR count). The lowest BCUT2D eigenvalue weighted by molar-refractivity contribution is -0.118. The average molecular weight is 377 g/mol. The molecule has 0 bridgehead atoms. The van der Waals surface area contributed by atoms with Crippen LogP contribution in [0.1, 0.15) is 0 Å². The number of rotatable bonds is 6. The monoisotopic (exact) mass is 376 g/mol. The van der Waals surface area contributed by atoms with E-state index in [1.807, 2.05) is 12.1 Å². The van der Waals surface area contributed by atoms with Crippen molar-refractivity contribution >= 4 is 28.9 Å². The summed E-state index contributed by atoms with van der Waals surface area (Å²) in [5.74, 6) is 0.875. The van der Waals surface area contributed by atoms with Gasteiger partial charge >= 0.3 is 0 Å². The van der Waals surface area contributed by atoms with Gasteiger partial charge in [-0.05, 0) is 24.3 Å². The largest absolute Gasteiger partial charge is 0.497 e. The first-order chi connectivity index (χ1) is 12.7. The van der Waals surface area contributed by atoms with E-state index in [1.165, 1.54) is 0 Å². The van der Waals surface area contributed by atoms with Crippen LogP contribution in [0.5, 0.6) is 11.5 Å². The normalized spacial score (nSPS) is 14.0. The minimum Gasteiger partial charge on any atom is -0.497 e. The summed E-state index contributed by atoms with van der Waals surface area (Å²) >= 11 is 6.04. The lowest BCUT2D eigenvalue weighted by Crippen LogP contribution is -2.37. The third kappa shape index (κ3) is 4.59. The lowest BCUT2D eigenvalue weighted by Gasteiger charge is -2.30. The van der Waals surface area contributed by atoms with E-state index in [4.69, 9.17) is 25.8 Å². The van der Waals surface area contributed by atoms with E-state index < -0.39 is 0 Å². The van der Waals surface area contributed by atoms with Crippen LogP contribution < -0.4 is 19.7 Å². The van der Waals surface area contributed by atoms with Crippen LogP contribution in [0.3, 0.4) is 0 Å². The Hall–Kier alpha value is -2.44. The van der Waals surface area contributed by atoms with E-state index in [2.05, 4.69) is 10.2 Å². The van der Waals surface area contributed by atoms with Gasteiger partial charge in [-0.1, -0.05) is 23.7 Å². The maximum Gasteiger partial charge on any atom is 0.262 e. The molecule has 2 aromatic carbocycles. The summed E-state index contributed by atoms with van der Waals surface area (Å²) in [6.45, 7) is 2.73. The number of ether oxygens (including phenoxy) is 3. The molecule has 0 unspecified atom stereocenters. The van der Waals surface area contributed by atoms with E-state index in [0.29, 0.717) is 35.4 Å². The second-order valence-corrected chi connectivity index (χ2v) is 6.16. The fraction of sp³-hybridized carbons (Fsp3) is 0.316. The highest BCUT2D eigenvalue weighted by Gasteiger charge is 2.17. The van der Waals surface area contributed by atoms with E-state index >= 15 is 0 Å². The number of para-hydroxylation sites is 1. The number of benzene rings is 2. The zero-order valence-electron chi connectivity index (χ0n) is 14.5. The van der Waals surface area contributed by atoms with Gasteiger partial charge in [-0.25, -0.2) is 0 Å². The number of methoxy groups -OCH3 is 1. The van der Waals surface area contributed by atoms with Crippen molar-refractivity contribution in [1.82, 2.24) is 0 Å². The van der Waals surface area contributed by atoms with Crippen molar-refractivity contribution in [3.8, 4) is 11.5 Å². The topological polar surface area (TPSA) is 60.0 Å². The van der Waals surface area contributed by atoms with E-state index in [9.17, 15) is 4.79 Å². The van der Waals surface area contributed by atoms with Crippen molar-refractivity contribution in [3.05, 3.63) is 47.5 Å². The van der Waals surface area contributed by atoms with Crippen LogP contribution in [0.15, 0.2) is 42.5 Å². The van der Waals surface area contributed by atoms with Crippen LogP contribution in [0.25, 0.3) is 0 Å². The van der Waals surface area contributed by atoms with Gasteiger partial charge in [0.25, 0.3) is 5.91 Å². The SMILES string of the molecule is COc1ccc(N2CCOCC2)c(NC(=O)COc2ccccc2Cl)c1. The predicted octanol–water partition coefficient (Wildman–Crippen LogP) is 3.20. The Bertz CT molecular complexity index is 763. The summed E-state index contributed by atoms with van der Waals surface area (Å²) in [5.41, 5.74) is 1.61. The Labute approximate surface area is 157 Å².